The van der Waals surface area contributed by atoms with E-state index in [1.165, 1.54) is 0 Å². The molecule has 1 heterocycles. The fourth-order valence-corrected chi connectivity index (χ4v) is 1.80. The van der Waals surface area contributed by atoms with Crippen molar-refractivity contribution in [1.29, 1.82) is 0 Å². The minimum atomic E-state index is -0.134. The lowest BCUT2D eigenvalue weighted by Gasteiger charge is -2.25. The van der Waals surface area contributed by atoms with Crippen molar-refractivity contribution in [3.63, 3.8) is 0 Å². The summed E-state index contributed by atoms with van der Waals surface area (Å²) in [4.78, 5) is 11.8. The lowest BCUT2D eigenvalue weighted by atomic mass is 10.2. The monoisotopic (exact) mass is 206 g/mol. The quantitative estimate of drug-likeness (QED) is 0.779. The Hall–Kier alpha value is -1.39. The molecule has 1 saturated heterocycles. The number of hydrogen-bond donors (Lipinski definition) is 1. The van der Waals surface area contributed by atoms with E-state index in [4.69, 9.17) is 5.11 Å². The lowest BCUT2D eigenvalue weighted by molar-refractivity contribution is -0.120. The predicted molar refractivity (Wildman–Crippen MR) is 56.9 cm³/mol. The summed E-state index contributed by atoms with van der Waals surface area (Å²) in [6, 6.07) is 9.37. The maximum absolute atomic E-state index is 11.8. The van der Waals surface area contributed by atoms with Crippen LogP contribution in [0.25, 0.3) is 0 Å². The maximum Gasteiger partial charge on any atom is 0.245 e. The Bertz CT molecular complexity index is 353. The molecule has 0 aromatic heterocycles. The van der Waals surface area contributed by atoms with E-state index in [-0.39, 0.29) is 18.6 Å². The SMILES string of the molecule is CC1CN(CO)N(c2ccccc2)C1=O. The molecule has 15 heavy (non-hydrogen) atoms. The first-order chi connectivity index (χ1) is 7.24. The van der Waals surface area contributed by atoms with Crippen molar-refractivity contribution in [3.05, 3.63) is 30.3 Å². The van der Waals surface area contributed by atoms with Crippen LogP contribution in [0.2, 0.25) is 0 Å². The Morgan fingerprint density at radius 1 is 1.40 bits per heavy atom. The molecule has 1 aromatic carbocycles. The summed E-state index contributed by atoms with van der Waals surface area (Å²) < 4.78 is 0. The van der Waals surface area contributed by atoms with Gasteiger partial charge in [-0.3, -0.25) is 4.79 Å². The number of carbonyl (C=O) groups is 1. The van der Waals surface area contributed by atoms with E-state index in [9.17, 15) is 4.79 Å². The maximum atomic E-state index is 11.8. The molecule has 0 bridgehead atoms. The number of nitrogens with zero attached hydrogens (tertiary/aromatic N) is 2. The highest BCUT2D eigenvalue weighted by atomic mass is 16.3. The van der Waals surface area contributed by atoms with Crippen LogP contribution >= 0.6 is 0 Å². The number of benzene rings is 1. The average Bonchev–Trinajstić information content (AvgIpc) is 2.56. The van der Waals surface area contributed by atoms with Crippen molar-refractivity contribution in [2.75, 3.05) is 18.3 Å². The van der Waals surface area contributed by atoms with Gasteiger partial charge in [0.2, 0.25) is 5.91 Å². The Labute approximate surface area is 88.7 Å². The summed E-state index contributed by atoms with van der Waals surface area (Å²) in [6.45, 7) is 2.31. The molecular weight excluding hydrogens is 192 g/mol. The van der Waals surface area contributed by atoms with E-state index in [0.717, 1.165) is 5.69 Å². The number of aliphatic hydroxyl groups is 1. The van der Waals surface area contributed by atoms with Crippen molar-refractivity contribution >= 4 is 11.6 Å². The molecule has 1 N–H and O–H groups in total. The minimum absolute atomic E-state index is 0.0373. The number of amides is 1. The highest BCUT2D eigenvalue weighted by molar-refractivity contribution is 5.95. The molecule has 1 aliphatic rings. The van der Waals surface area contributed by atoms with Gasteiger partial charge in [0, 0.05) is 6.54 Å². The minimum Gasteiger partial charge on any atom is -0.379 e. The topological polar surface area (TPSA) is 43.8 Å². The van der Waals surface area contributed by atoms with Crippen molar-refractivity contribution in [2.24, 2.45) is 5.92 Å². The number of para-hydroxylation sites is 1. The first-order valence-corrected chi connectivity index (χ1v) is 4.98. The molecule has 0 spiro atoms. The molecule has 4 heteroatoms. The van der Waals surface area contributed by atoms with Gasteiger partial charge < -0.3 is 5.11 Å². The molecule has 80 valence electrons. The van der Waals surface area contributed by atoms with Crippen LogP contribution in [-0.2, 0) is 4.79 Å². The van der Waals surface area contributed by atoms with Gasteiger partial charge in [0.25, 0.3) is 0 Å². The third-order valence-electron chi connectivity index (χ3n) is 2.56. The number of aliphatic hydroxyl groups excluding tert-OH is 1. The van der Waals surface area contributed by atoms with Crippen LogP contribution in [0.15, 0.2) is 30.3 Å². The van der Waals surface area contributed by atoms with Crippen LogP contribution in [0.4, 0.5) is 5.69 Å². The second-order valence-corrected chi connectivity index (χ2v) is 3.72. The van der Waals surface area contributed by atoms with E-state index < -0.39 is 0 Å². The summed E-state index contributed by atoms with van der Waals surface area (Å²) in [7, 11) is 0. The van der Waals surface area contributed by atoms with Gasteiger partial charge in [0.1, 0.15) is 6.73 Å². The zero-order valence-electron chi connectivity index (χ0n) is 8.63. The van der Waals surface area contributed by atoms with Crippen molar-refractivity contribution in [3.8, 4) is 0 Å². The molecule has 1 atom stereocenters. The van der Waals surface area contributed by atoms with E-state index in [2.05, 4.69) is 0 Å². The van der Waals surface area contributed by atoms with Gasteiger partial charge in [0.05, 0.1) is 11.6 Å². The largest absolute Gasteiger partial charge is 0.379 e. The Morgan fingerprint density at radius 3 is 2.67 bits per heavy atom. The first-order valence-electron chi connectivity index (χ1n) is 4.98. The molecule has 2 rings (SSSR count). The van der Waals surface area contributed by atoms with Crippen LogP contribution in [-0.4, -0.2) is 29.3 Å². The van der Waals surface area contributed by atoms with Gasteiger partial charge in [-0.05, 0) is 12.1 Å². The summed E-state index contributed by atoms with van der Waals surface area (Å²) in [5, 5.41) is 12.4. The molecule has 1 amide bonds. The molecule has 0 saturated carbocycles. The van der Waals surface area contributed by atoms with Crippen LogP contribution in [0.1, 0.15) is 6.92 Å². The number of rotatable bonds is 2. The summed E-state index contributed by atoms with van der Waals surface area (Å²) >= 11 is 0. The van der Waals surface area contributed by atoms with Crippen LogP contribution in [0.5, 0.6) is 0 Å². The Balaban J connectivity index is 2.31. The molecule has 1 unspecified atom stereocenters. The molecule has 1 aromatic rings. The van der Waals surface area contributed by atoms with Crippen LogP contribution in [0, 0.1) is 5.92 Å². The Morgan fingerprint density at radius 2 is 2.07 bits per heavy atom. The third-order valence-corrected chi connectivity index (χ3v) is 2.56. The molecule has 1 aliphatic heterocycles. The Kier molecular flexibility index (Phi) is 2.70. The smallest absolute Gasteiger partial charge is 0.245 e. The number of anilines is 1. The van der Waals surface area contributed by atoms with Crippen molar-refractivity contribution in [1.82, 2.24) is 5.01 Å². The van der Waals surface area contributed by atoms with E-state index in [1.807, 2.05) is 37.3 Å². The summed E-state index contributed by atoms with van der Waals surface area (Å²) in [5.41, 5.74) is 0.806. The van der Waals surface area contributed by atoms with Gasteiger partial charge in [-0.15, -0.1) is 0 Å². The molecule has 4 nitrogen and oxygen atoms in total. The average molecular weight is 206 g/mol. The van der Waals surface area contributed by atoms with E-state index in [1.54, 1.807) is 10.0 Å². The van der Waals surface area contributed by atoms with Gasteiger partial charge >= 0.3 is 0 Å². The number of carbonyl (C=O) groups excluding carboxylic acids is 1. The lowest BCUT2D eigenvalue weighted by Crippen LogP contribution is -2.39. The summed E-state index contributed by atoms with van der Waals surface area (Å²) in [6.07, 6.45) is 0. The van der Waals surface area contributed by atoms with Gasteiger partial charge in [0.15, 0.2) is 0 Å². The van der Waals surface area contributed by atoms with Crippen molar-refractivity contribution in [2.45, 2.75) is 6.92 Å². The van der Waals surface area contributed by atoms with E-state index in [0.29, 0.717) is 6.54 Å². The predicted octanol–water partition coefficient (Wildman–Crippen LogP) is 0.836. The molecule has 1 fully saturated rings. The van der Waals surface area contributed by atoms with Crippen LogP contribution in [0.3, 0.4) is 0 Å². The second kappa shape index (κ2) is 4.00. The highest BCUT2D eigenvalue weighted by Crippen LogP contribution is 2.24. The van der Waals surface area contributed by atoms with Crippen molar-refractivity contribution < 1.29 is 9.90 Å². The van der Waals surface area contributed by atoms with E-state index >= 15 is 0 Å². The van der Waals surface area contributed by atoms with Crippen LogP contribution < -0.4 is 5.01 Å². The standard InChI is InChI=1S/C11H14N2O2/c1-9-7-12(8-14)13(11(9)15)10-5-3-2-4-6-10/h2-6,9,14H,7-8H2,1H3. The third kappa shape index (κ3) is 1.73. The number of hydrazine groups is 1. The number of hydrogen-bond acceptors (Lipinski definition) is 3. The zero-order chi connectivity index (χ0) is 10.8. The molecule has 0 radical (unpaired) electrons. The van der Waals surface area contributed by atoms with Gasteiger partial charge in [-0.1, -0.05) is 25.1 Å². The normalized spacial score (nSPS) is 22.4. The van der Waals surface area contributed by atoms with Gasteiger partial charge in [-0.2, -0.15) is 5.01 Å². The van der Waals surface area contributed by atoms with Gasteiger partial charge in [-0.25, -0.2) is 5.01 Å². The second-order valence-electron chi connectivity index (χ2n) is 3.72. The molecular formula is C11H14N2O2. The first kappa shape index (κ1) is 10.1. The molecule has 0 aliphatic carbocycles. The summed E-state index contributed by atoms with van der Waals surface area (Å²) in [5.74, 6) is -0.0207. The highest BCUT2D eigenvalue weighted by Gasteiger charge is 2.35. The fraction of sp³-hybridized carbons (Fsp3) is 0.364. The fourth-order valence-electron chi connectivity index (χ4n) is 1.80. The zero-order valence-corrected chi connectivity index (χ0v) is 8.63.